The molecule has 0 saturated heterocycles. The van der Waals surface area contributed by atoms with Crippen molar-refractivity contribution in [1.82, 2.24) is 0 Å². The van der Waals surface area contributed by atoms with E-state index < -0.39 is 5.60 Å². The fourth-order valence-corrected chi connectivity index (χ4v) is 2.40. The second-order valence-corrected chi connectivity index (χ2v) is 5.10. The molecule has 0 radical (unpaired) electrons. The minimum absolute atomic E-state index is 0.186. The number of rotatable bonds is 2. The molecule has 1 saturated carbocycles. The molecule has 18 heavy (non-hydrogen) atoms. The fourth-order valence-electron chi connectivity index (χ4n) is 2.40. The van der Waals surface area contributed by atoms with Gasteiger partial charge in [-0.1, -0.05) is 6.07 Å². The van der Waals surface area contributed by atoms with Crippen LogP contribution >= 0.6 is 0 Å². The van der Waals surface area contributed by atoms with Gasteiger partial charge in [0.25, 0.3) is 5.91 Å². The molecular formula is C14H19NO3. The quantitative estimate of drug-likeness (QED) is 0.753. The predicted molar refractivity (Wildman–Crippen MR) is 69.6 cm³/mol. The number of phenols is 1. The summed E-state index contributed by atoms with van der Waals surface area (Å²) in [6, 6.07) is 3.50. The molecule has 2 rings (SSSR count). The van der Waals surface area contributed by atoms with E-state index in [1.807, 2.05) is 0 Å². The van der Waals surface area contributed by atoms with Crippen LogP contribution in [0.15, 0.2) is 12.1 Å². The maximum Gasteiger partial charge on any atom is 0.256 e. The Morgan fingerprint density at radius 2 is 1.89 bits per heavy atom. The lowest BCUT2D eigenvalue weighted by atomic mass is 10.0. The van der Waals surface area contributed by atoms with Gasteiger partial charge in [0.1, 0.15) is 11.4 Å². The number of hydrogen-bond acceptors (Lipinski definition) is 3. The summed E-state index contributed by atoms with van der Waals surface area (Å²) in [4.78, 5) is 12.0. The first-order chi connectivity index (χ1) is 8.44. The molecule has 0 heterocycles. The van der Waals surface area contributed by atoms with Crippen LogP contribution in [0, 0.1) is 13.8 Å². The van der Waals surface area contributed by atoms with Crippen molar-refractivity contribution in [2.75, 3.05) is 5.32 Å². The number of anilines is 1. The molecule has 1 fully saturated rings. The Bertz CT molecular complexity index is 476. The van der Waals surface area contributed by atoms with Crippen LogP contribution in [0.3, 0.4) is 0 Å². The van der Waals surface area contributed by atoms with E-state index in [0.29, 0.717) is 24.1 Å². The summed E-state index contributed by atoms with van der Waals surface area (Å²) in [5.41, 5.74) is 0.714. The zero-order valence-corrected chi connectivity index (χ0v) is 10.8. The zero-order chi connectivity index (χ0) is 13.3. The van der Waals surface area contributed by atoms with Gasteiger partial charge in [0, 0.05) is 11.3 Å². The Labute approximate surface area is 107 Å². The maximum atomic E-state index is 12.0. The van der Waals surface area contributed by atoms with Gasteiger partial charge >= 0.3 is 0 Å². The van der Waals surface area contributed by atoms with Gasteiger partial charge in [-0.3, -0.25) is 4.79 Å². The lowest BCUT2D eigenvalue weighted by molar-refractivity contribution is -0.133. The molecule has 1 aromatic rings. The molecule has 0 spiro atoms. The molecule has 0 atom stereocenters. The molecule has 3 N–H and O–H groups in total. The molecule has 0 bridgehead atoms. The summed E-state index contributed by atoms with van der Waals surface area (Å²) in [7, 11) is 0. The topological polar surface area (TPSA) is 69.6 Å². The van der Waals surface area contributed by atoms with Crippen LogP contribution in [0.25, 0.3) is 0 Å². The number of benzene rings is 1. The Morgan fingerprint density at radius 1 is 1.28 bits per heavy atom. The first-order valence-electron chi connectivity index (χ1n) is 6.27. The molecule has 1 aliphatic rings. The van der Waals surface area contributed by atoms with Gasteiger partial charge in [0.05, 0.1) is 0 Å². The van der Waals surface area contributed by atoms with Gasteiger partial charge in [-0.05, 0) is 51.2 Å². The summed E-state index contributed by atoms with van der Waals surface area (Å²) in [5.74, 6) is -0.183. The number of amides is 1. The maximum absolute atomic E-state index is 12.0. The summed E-state index contributed by atoms with van der Waals surface area (Å²) in [6.45, 7) is 3.55. The number of carbonyl (C=O) groups is 1. The molecule has 0 unspecified atom stereocenters. The monoisotopic (exact) mass is 249 g/mol. The van der Waals surface area contributed by atoms with Gasteiger partial charge < -0.3 is 15.5 Å². The normalized spacial score (nSPS) is 17.7. The standard InChI is InChI=1S/C14H19NO3/c1-9-5-6-11(10(2)12(9)16)15-13(17)14(18)7-3-4-8-14/h5-6,16,18H,3-4,7-8H2,1-2H3,(H,15,17). The van der Waals surface area contributed by atoms with Gasteiger partial charge in [-0.25, -0.2) is 0 Å². The number of aryl methyl sites for hydroxylation is 1. The van der Waals surface area contributed by atoms with E-state index in [2.05, 4.69) is 5.32 Å². The Kier molecular flexibility index (Phi) is 3.30. The van der Waals surface area contributed by atoms with Crippen molar-refractivity contribution >= 4 is 11.6 Å². The first-order valence-corrected chi connectivity index (χ1v) is 6.27. The smallest absolute Gasteiger partial charge is 0.256 e. The lowest BCUT2D eigenvalue weighted by Gasteiger charge is -2.22. The predicted octanol–water partition coefficient (Wildman–Crippen LogP) is 2.25. The van der Waals surface area contributed by atoms with Crippen molar-refractivity contribution in [3.63, 3.8) is 0 Å². The van der Waals surface area contributed by atoms with Crippen LogP contribution in [-0.2, 0) is 4.79 Å². The molecule has 4 heteroatoms. The van der Waals surface area contributed by atoms with E-state index in [-0.39, 0.29) is 11.7 Å². The summed E-state index contributed by atoms with van der Waals surface area (Å²) in [6.07, 6.45) is 2.77. The van der Waals surface area contributed by atoms with Crippen molar-refractivity contribution in [1.29, 1.82) is 0 Å². The minimum Gasteiger partial charge on any atom is -0.507 e. The van der Waals surface area contributed by atoms with E-state index in [4.69, 9.17) is 0 Å². The third kappa shape index (κ3) is 2.20. The van der Waals surface area contributed by atoms with Crippen molar-refractivity contribution in [3.05, 3.63) is 23.3 Å². The molecule has 4 nitrogen and oxygen atoms in total. The SMILES string of the molecule is Cc1ccc(NC(=O)C2(O)CCCC2)c(C)c1O. The zero-order valence-electron chi connectivity index (χ0n) is 10.8. The first kappa shape index (κ1) is 12.9. The summed E-state index contributed by atoms with van der Waals surface area (Å²) in [5, 5.41) is 22.7. The molecule has 0 aromatic heterocycles. The number of hydrogen-bond donors (Lipinski definition) is 3. The number of aromatic hydroxyl groups is 1. The third-order valence-electron chi connectivity index (χ3n) is 3.73. The number of aliphatic hydroxyl groups is 1. The largest absolute Gasteiger partial charge is 0.507 e. The fraction of sp³-hybridized carbons (Fsp3) is 0.500. The highest BCUT2D eigenvalue weighted by molar-refractivity contribution is 5.98. The highest BCUT2D eigenvalue weighted by atomic mass is 16.3. The Morgan fingerprint density at radius 3 is 2.50 bits per heavy atom. The van der Waals surface area contributed by atoms with Crippen molar-refractivity contribution in [3.8, 4) is 5.75 Å². The molecular weight excluding hydrogens is 230 g/mol. The van der Waals surface area contributed by atoms with Crippen LogP contribution in [-0.4, -0.2) is 21.7 Å². The number of phenolic OH excluding ortho intramolecular Hbond substituents is 1. The van der Waals surface area contributed by atoms with E-state index in [1.54, 1.807) is 26.0 Å². The molecule has 98 valence electrons. The van der Waals surface area contributed by atoms with E-state index in [1.165, 1.54) is 0 Å². The molecule has 1 aromatic carbocycles. The highest BCUT2D eigenvalue weighted by Crippen LogP contribution is 2.33. The summed E-state index contributed by atoms with van der Waals surface area (Å²) < 4.78 is 0. The highest BCUT2D eigenvalue weighted by Gasteiger charge is 2.38. The van der Waals surface area contributed by atoms with Gasteiger partial charge in [0.15, 0.2) is 0 Å². The van der Waals surface area contributed by atoms with Crippen molar-refractivity contribution in [2.45, 2.75) is 45.1 Å². The number of nitrogens with one attached hydrogen (secondary N) is 1. The van der Waals surface area contributed by atoms with Gasteiger partial charge in [-0.2, -0.15) is 0 Å². The van der Waals surface area contributed by atoms with Crippen LogP contribution < -0.4 is 5.32 Å². The third-order valence-corrected chi connectivity index (χ3v) is 3.73. The van der Waals surface area contributed by atoms with Gasteiger partial charge in [-0.15, -0.1) is 0 Å². The van der Waals surface area contributed by atoms with Crippen LogP contribution in [0.5, 0.6) is 5.75 Å². The average molecular weight is 249 g/mol. The van der Waals surface area contributed by atoms with Crippen LogP contribution in [0.1, 0.15) is 36.8 Å². The van der Waals surface area contributed by atoms with E-state index in [9.17, 15) is 15.0 Å². The van der Waals surface area contributed by atoms with Crippen molar-refractivity contribution < 1.29 is 15.0 Å². The van der Waals surface area contributed by atoms with Crippen LogP contribution in [0.2, 0.25) is 0 Å². The average Bonchev–Trinajstić information content (AvgIpc) is 2.78. The van der Waals surface area contributed by atoms with E-state index in [0.717, 1.165) is 18.4 Å². The lowest BCUT2D eigenvalue weighted by Crippen LogP contribution is -2.40. The second-order valence-electron chi connectivity index (χ2n) is 5.10. The Balaban J connectivity index is 2.19. The molecule has 1 aliphatic carbocycles. The van der Waals surface area contributed by atoms with Crippen molar-refractivity contribution in [2.24, 2.45) is 0 Å². The summed E-state index contributed by atoms with van der Waals surface area (Å²) >= 11 is 0. The van der Waals surface area contributed by atoms with Gasteiger partial charge in [0.2, 0.25) is 0 Å². The second kappa shape index (κ2) is 4.61. The molecule has 0 aliphatic heterocycles. The van der Waals surface area contributed by atoms with E-state index >= 15 is 0 Å². The Hall–Kier alpha value is -1.55. The van der Waals surface area contributed by atoms with Crippen LogP contribution in [0.4, 0.5) is 5.69 Å². The molecule has 1 amide bonds. The minimum atomic E-state index is -1.24. The number of carbonyl (C=O) groups excluding carboxylic acids is 1.